The predicted molar refractivity (Wildman–Crippen MR) is 49.8 cm³/mol. The van der Waals surface area contributed by atoms with Gasteiger partial charge in [0.05, 0.1) is 6.04 Å². The van der Waals surface area contributed by atoms with E-state index in [0.29, 0.717) is 13.2 Å². The summed E-state index contributed by atoms with van der Waals surface area (Å²) in [4.78, 5) is 24.2. The molecule has 0 aromatic heterocycles. The second-order valence-corrected chi connectivity index (χ2v) is 3.88. The fourth-order valence-corrected chi connectivity index (χ4v) is 2.16. The molecule has 2 aliphatic heterocycles. The molecule has 4 heteroatoms. The summed E-state index contributed by atoms with van der Waals surface area (Å²) in [5.74, 6) is 0.0112. The van der Waals surface area contributed by atoms with Gasteiger partial charge in [0.25, 0.3) is 5.91 Å². The van der Waals surface area contributed by atoms with Gasteiger partial charge in [-0.25, -0.2) is 0 Å². The largest absolute Gasteiger partial charge is 0.368 e. The van der Waals surface area contributed by atoms with Gasteiger partial charge in [0.15, 0.2) is 0 Å². The number of aldehydes is 1. The van der Waals surface area contributed by atoms with Gasteiger partial charge in [0.2, 0.25) is 0 Å². The Kier molecular flexibility index (Phi) is 2.82. The highest BCUT2D eigenvalue weighted by Gasteiger charge is 2.34. The number of carbonyl (C=O) groups excluding carboxylic acids is 2. The number of rotatable bonds is 2. The number of hydrogen-bond donors (Lipinski definition) is 0. The van der Waals surface area contributed by atoms with Crippen LogP contribution in [0.4, 0.5) is 0 Å². The van der Waals surface area contributed by atoms with Crippen LogP contribution < -0.4 is 0 Å². The van der Waals surface area contributed by atoms with Crippen molar-refractivity contribution in [3.63, 3.8) is 0 Å². The molecule has 0 radical (unpaired) electrons. The van der Waals surface area contributed by atoms with Crippen molar-refractivity contribution in [2.24, 2.45) is 0 Å². The fourth-order valence-electron chi connectivity index (χ4n) is 2.16. The first-order valence-corrected chi connectivity index (χ1v) is 5.20. The van der Waals surface area contributed by atoms with Gasteiger partial charge in [-0.3, -0.25) is 4.79 Å². The van der Waals surface area contributed by atoms with E-state index >= 15 is 0 Å². The minimum Gasteiger partial charge on any atom is -0.368 e. The lowest BCUT2D eigenvalue weighted by molar-refractivity contribution is -0.143. The average Bonchev–Trinajstić information content (AvgIpc) is 2.87. The van der Waals surface area contributed by atoms with Crippen molar-refractivity contribution in [2.45, 2.75) is 37.8 Å². The molecule has 2 atom stereocenters. The molecule has 0 spiro atoms. The van der Waals surface area contributed by atoms with Crippen molar-refractivity contribution in [3.05, 3.63) is 0 Å². The first kappa shape index (κ1) is 9.65. The van der Waals surface area contributed by atoms with E-state index in [4.69, 9.17) is 4.74 Å². The summed E-state index contributed by atoms with van der Waals surface area (Å²) < 4.78 is 5.31. The molecule has 2 saturated heterocycles. The van der Waals surface area contributed by atoms with Crippen molar-refractivity contribution < 1.29 is 14.3 Å². The molecule has 2 aliphatic rings. The van der Waals surface area contributed by atoms with Gasteiger partial charge >= 0.3 is 0 Å². The van der Waals surface area contributed by atoms with Crippen LogP contribution in [0.15, 0.2) is 0 Å². The first-order valence-electron chi connectivity index (χ1n) is 5.20. The highest BCUT2D eigenvalue weighted by atomic mass is 16.5. The summed E-state index contributed by atoms with van der Waals surface area (Å²) in [6, 6.07) is -0.202. The second-order valence-electron chi connectivity index (χ2n) is 3.88. The van der Waals surface area contributed by atoms with Gasteiger partial charge in [-0.1, -0.05) is 0 Å². The third kappa shape index (κ3) is 1.66. The minimum absolute atomic E-state index is 0.0112. The van der Waals surface area contributed by atoms with Gasteiger partial charge in [0.1, 0.15) is 12.4 Å². The molecule has 0 saturated carbocycles. The Balaban J connectivity index is 1.98. The summed E-state index contributed by atoms with van der Waals surface area (Å²) in [7, 11) is 0. The second kappa shape index (κ2) is 4.09. The number of carbonyl (C=O) groups is 2. The number of nitrogens with zero attached hydrogens (tertiary/aromatic N) is 1. The van der Waals surface area contributed by atoms with Gasteiger partial charge in [0, 0.05) is 13.2 Å². The monoisotopic (exact) mass is 197 g/mol. The molecule has 0 N–H and O–H groups in total. The van der Waals surface area contributed by atoms with Crippen LogP contribution in [0.25, 0.3) is 0 Å². The van der Waals surface area contributed by atoms with Gasteiger partial charge < -0.3 is 14.4 Å². The summed E-state index contributed by atoms with van der Waals surface area (Å²) in [5, 5.41) is 0. The Bertz CT molecular complexity index is 236. The highest BCUT2D eigenvalue weighted by molar-refractivity contribution is 5.84. The Morgan fingerprint density at radius 3 is 2.86 bits per heavy atom. The van der Waals surface area contributed by atoms with E-state index in [0.717, 1.165) is 32.0 Å². The zero-order chi connectivity index (χ0) is 9.97. The number of likely N-dealkylation sites (tertiary alicyclic amines) is 1. The SMILES string of the molecule is O=C[C@@H]1CCCN1C(=O)[C@H]1CCCO1. The zero-order valence-electron chi connectivity index (χ0n) is 8.15. The molecule has 14 heavy (non-hydrogen) atoms. The maximum atomic E-state index is 11.9. The fraction of sp³-hybridized carbons (Fsp3) is 0.800. The zero-order valence-corrected chi connectivity index (χ0v) is 8.15. The van der Waals surface area contributed by atoms with Crippen LogP contribution in [0.3, 0.4) is 0 Å². The molecule has 2 heterocycles. The molecule has 0 aromatic rings. The minimum atomic E-state index is -0.282. The van der Waals surface area contributed by atoms with Gasteiger partial charge in [-0.2, -0.15) is 0 Å². The molecule has 0 aromatic carbocycles. The molecule has 4 nitrogen and oxygen atoms in total. The van der Waals surface area contributed by atoms with Crippen LogP contribution in [0.2, 0.25) is 0 Å². The lowest BCUT2D eigenvalue weighted by atomic mass is 10.2. The Labute approximate surface area is 83.2 Å². The van der Waals surface area contributed by atoms with Crippen LogP contribution >= 0.6 is 0 Å². The molecule has 2 rings (SSSR count). The third-order valence-corrected chi connectivity index (χ3v) is 2.94. The van der Waals surface area contributed by atoms with E-state index in [1.54, 1.807) is 4.90 Å². The molecular formula is C10H15NO3. The maximum Gasteiger partial charge on any atom is 0.252 e. The Morgan fingerprint density at radius 2 is 2.21 bits per heavy atom. The standard InChI is InChI=1S/C10H15NO3/c12-7-8-3-1-5-11(8)10(13)9-4-2-6-14-9/h7-9H,1-6H2/t8-,9+/m0/s1. The molecule has 0 aliphatic carbocycles. The highest BCUT2D eigenvalue weighted by Crippen LogP contribution is 2.21. The van der Waals surface area contributed by atoms with E-state index in [2.05, 4.69) is 0 Å². The van der Waals surface area contributed by atoms with E-state index in [9.17, 15) is 9.59 Å². The van der Waals surface area contributed by atoms with Crippen molar-refractivity contribution >= 4 is 12.2 Å². The quantitative estimate of drug-likeness (QED) is 0.600. The number of hydrogen-bond acceptors (Lipinski definition) is 3. The van der Waals surface area contributed by atoms with E-state index < -0.39 is 0 Å². The molecule has 1 amide bonds. The topological polar surface area (TPSA) is 46.6 Å². The third-order valence-electron chi connectivity index (χ3n) is 2.94. The van der Waals surface area contributed by atoms with Crippen molar-refractivity contribution in [2.75, 3.05) is 13.2 Å². The Morgan fingerprint density at radius 1 is 1.36 bits per heavy atom. The molecule has 0 bridgehead atoms. The van der Waals surface area contributed by atoms with Crippen molar-refractivity contribution in [1.82, 2.24) is 4.90 Å². The summed E-state index contributed by atoms with van der Waals surface area (Å²) in [5.41, 5.74) is 0. The number of ether oxygens (including phenoxy) is 1. The van der Waals surface area contributed by atoms with E-state index in [-0.39, 0.29) is 18.1 Å². The molecule has 2 fully saturated rings. The summed E-state index contributed by atoms with van der Waals surface area (Å²) >= 11 is 0. The Hall–Kier alpha value is -0.900. The normalized spacial score (nSPS) is 32.1. The molecular weight excluding hydrogens is 182 g/mol. The van der Waals surface area contributed by atoms with Crippen molar-refractivity contribution in [1.29, 1.82) is 0 Å². The van der Waals surface area contributed by atoms with Gasteiger partial charge in [-0.05, 0) is 25.7 Å². The van der Waals surface area contributed by atoms with Crippen LogP contribution in [-0.2, 0) is 14.3 Å². The number of amides is 1. The van der Waals surface area contributed by atoms with Crippen LogP contribution in [-0.4, -0.2) is 42.4 Å². The summed E-state index contributed by atoms with van der Waals surface area (Å²) in [6.07, 6.45) is 4.09. The maximum absolute atomic E-state index is 11.9. The van der Waals surface area contributed by atoms with Crippen LogP contribution in [0.5, 0.6) is 0 Å². The smallest absolute Gasteiger partial charge is 0.252 e. The predicted octanol–water partition coefficient (Wildman–Crippen LogP) is 0.355. The summed E-state index contributed by atoms with van der Waals surface area (Å²) in [6.45, 7) is 1.39. The average molecular weight is 197 g/mol. The van der Waals surface area contributed by atoms with Crippen LogP contribution in [0, 0.1) is 0 Å². The molecule has 0 unspecified atom stereocenters. The van der Waals surface area contributed by atoms with Crippen molar-refractivity contribution in [3.8, 4) is 0 Å². The lowest BCUT2D eigenvalue weighted by Crippen LogP contribution is -2.42. The van der Waals surface area contributed by atoms with Gasteiger partial charge in [-0.15, -0.1) is 0 Å². The van der Waals surface area contributed by atoms with E-state index in [1.165, 1.54) is 0 Å². The van der Waals surface area contributed by atoms with Crippen LogP contribution in [0.1, 0.15) is 25.7 Å². The molecule has 78 valence electrons. The first-order chi connectivity index (χ1) is 6.83. The lowest BCUT2D eigenvalue weighted by Gasteiger charge is -2.23. The van der Waals surface area contributed by atoms with E-state index in [1.807, 2.05) is 0 Å².